The summed E-state index contributed by atoms with van der Waals surface area (Å²) in [6.45, 7) is 6.04. The Hall–Kier alpha value is -2.01. The first-order chi connectivity index (χ1) is 13.0. The van der Waals surface area contributed by atoms with Crippen LogP contribution in [0, 0.1) is 0 Å². The molecule has 0 spiro atoms. The molecule has 2 atom stereocenters. The van der Waals surface area contributed by atoms with Crippen molar-refractivity contribution in [2.45, 2.75) is 57.8 Å². The predicted molar refractivity (Wildman–Crippen MR) is 110 cm³/mol. The standard InChI is InChI=1S/C22H26BrNO3/c1-4-22(5-2)14-19(18-8-6-7-9-20(18)27-22)24-21(25)15(3)26-17-12-10-16(23)11-13-17/h6-13,15,19H,4-5,14H2,1-3H3,(H,24,25)/t15-,19-/m1/s1. The average Bonchev–Trinajstić information content (AvgIpc) is 2.69. The van der Waals surface area contributed by atoms with E-state index >= 15 is 0 Å². The molecule has 27 heavy (non-hydrogen) atoms. The number of amides is 1. The Morgan fingerprint density at radius 3 is 2.56 bits per heavy atom. The average molecular weight is 432 g/mol. The summed E-state index contributed by atoms with van der Waals surface area (Å²) in [6, 6.07) is 15.3. The molecular formula is C22H26BrNO3. The van der Waals surface area contributed by atoms with Gasteiger partial charge in [0.25, 0.3) is 5.91 Å². The molecule has 3 rings (SSSR count). The van der Waals surface area contributed by atoms with Gasteiger partial charge in [0.2, 0.25) is 0 Å². The van der Waals surface area contributed by atoms with E-state index in [-0.39, 0.29) is 17.6 Å². The molecule has 0 saturated carbocycles. The van der Waals surface area contributed by atoms with Crippen LogP contribution >= 0.6 is 15.9 Å². The van der Waals surface area contributed by atoms with Gasteiger partial charge in [-0.25, -0.2) is 0 Å². The van der Waals surface area contributed by atoms with E-state index in [4.69, 9.17) is 9.47 Å². The number of hydrogen-bond donors (Lipinski definition) is 1. The molecule has 1 aliphatic heterocycles. The highest BCUT2D eigenvalue weighted by Crippen LogP contribution is 2.42. The number of hydrogen-bond acceptors (Lipinski definition) is 3. The first-order valence-corrected chi connectivity index (χ1v) is 10.3. The molecule has 5 heteroatoms. The van der Waals surface area contributed by atoms with Gasteiger partial charge in [0.15, 0.2) is 6.10 Å². The summed E-state index contributed by atoms with van der Waals surface area (Å²) < 4.78 is 13.1. The number of halogens is 1. The number of carbonyl (C=O) groups excluding carboxylic acids is 1. The lowest BCUT2D eigenvalue weighted by Gasteiger charge is -2.41. The van der Waals surface area contributed by atoms with Gasteiger partial charge >= 0.3 is 0 Å². The smallest absolute Gasteiger partial charge is 0.261 e. The summed E-state index contributed by atoms with van der Waals surface area (Å²) in [5.41, 5.74) is 0.779. The van der Waals surface area contributed by atoms with Crippen LogP contribution in [0.2, 0.25) is 0 Å². The van der Waals surface area contributed by atoms with Crippen molar-refractivity contribution in [1.29, 1.82) is 0 Å². The van der Waals surface area contributed by atoms with E-state index in [2.05, 4.69) is 35.1 Å². The summed E-state index contributed by atoms with van der Waals surface area (Å²) in [7, 11) is 0. The molecule has 0 saturated heterocycles. The van der Waals surface area contributed by atoms with Crippen LogP contribution in [0.15, 0.2) is 53.0 Å². The fourth-order valence-corrected chi connectivity index (χ4v) is 3.75. The third kappa shape index (κ3) is 4.46. The number of carbonyl (C=O) groups is 1. The Bertz CT molecular complexity index is 786. The topological polar surface area (TPSA) is 47.6 Å². The fraction of sp³-hybridized carbons (Fsp3) is 0.409. The number of fused-ring (bicyclic) bond motifs is 1. The van der Waals surface area contributed by atoms with Gasteiger partial charge in [-0.2, -0.15) is 0 Å². The van der Waals surface area contributed by atoms with Gasteiger partial charge in [0.05, 0.1) is 6.04 Å². The molecule has 4 nitrogen and oxygen atoms in total. The highest BCUT2D eigenvalue weighted by atomic mass is 79.9. The molecule has 0 radical (unpaired) electrons. The minimum Gasteiger partial charge on any atom is -0.487 e. The number of rotatable bonds is 6. The van der Waals surface area contributed by atoms with Gasteiger partial charge in [0.1, 0.15) is 17.1 Å². The molecule has 1 aliphatic rings. The van der Waals surface area contributed by atoms with Gasteiger partial charge in [-0.1, -0.05) is 48.0 Å². The Morgan fingerprint density at radius 1 is 1.22 bits per heavy atom. The number of ether oxygens (including phenoxy) is 2. The summed E-state index contributed by atoms with van der Waals surface area (Å²) in [5.74, 6) is 1.41. The second-order valence-corrected chi connectivity index (χ2v) is 7.92. The van der Waals surface area contributed by atoms with Crippen LogP contribution in [-0.2, 0) is 4.79 Å². The van der Waals surface area contributed by atoms with Crippen molar-refractivity contribution >= 4 is 21.8 Å². The van der Waals surface area contributed by atoms with E-state index in [1.54, 1.807) is 6.92 Å². The zero-order chi connectivity index (χ0) is 19.4. The summed E-state index contributed by atoms with van der Waals surface area (Å²) in [5, 5.41) is 3.18. The van der Waals surface area contributed by atoms with Crippen molar-refractivity contribution in [3.8, 4) is 11.5 Å². The second kappa shape index (κ2) is 8.34. The first-order valence-electron chi connectivity index (χ1n) is 9.47. The normalized spacial score (nSPS) is 18.7. The van der Waals surface area contributed by atoms with E-state index in [9.17, 15) is 4.79 Å². The monoisotopic (exact) mass is 431 g/mol. The SMILES string of the molecule is CCC1(CC)C[C@@H](NC(=O)[C@@H](C)Oc2ccc(Br)cc2)c2ccccc2O1. The van der Waals surface area contributed by atoms with Gasteiger partial charge in [0, 0.05) is 16.5 Å². The summed E-state index contributed by atoms with van der Waals surface area (Å²) >= 11 is 3.40. The van der Waals surface area contributed by atoms with Gasteiger partial charge < -0.3 is 14.8 Å². The van der Waals surface area contributed by atoms with Crippen LogP contribution in [0.3, 0.4) is 0 Å². The van der Waals surface area contributed by atoms with Crippen molar-refractivity contribution in [2.75, 3.05) is 0 Å². The van der Waals surface area contributed by atoms with Gasteiger partial charge in [-0.3, -0.25) is 4.79 Å². The van der Waals surface area contributed by atoms with E-state index < -0.39 is 6.10 Å². The fourth-order valence-electron chi connectivity index (χ4n) is 3.49. The molecule has 0 unspecified atom stereocenters. The van der Waals surface area contributed by atoms with Crippen LogP contribution in [0.5, 0.6) is 11.5 Å². The molecule has 0 aliphatic carbocycles. The Morgan fingerprint density at radius 2 is 1.89 bits per heavy atom. The third-order valence-electron chi connectivity index (χ3n) is 5.30. The predicted octanol–water partition coefficient (Wildman–Crippen LogP) is 5.42. The molecule has 0 bridgehead atoms. The largest absolute Gasteiger partial charge is 0.487 e. The van der Waals surface area contributed by atoms with E-state index in [0.717, 1.165) is 35.0 Å². The van der Waals surface area contributed by atoms with Crippen LogP contribution in [0.25, 0.3) is 0 Å². The van der Waals surface area contributed by atoms with Crippen LogP contribution in [0.4, 0.5) is 0 Å². The van der Waals surface area contributed by atoms with Crippen molar-refractivity contribution < 1.29 is 14.3 Å². The minimum atomic E-state index is -0.584. The maximum atomic E-state index is 12.8. The molecule has 1 heterocycles. The molecule has 1 amide bonds. The Labute approximate surface area is 169 Å². The molecule has 144 valence electrons. The van der Waals surface area contributed by atoms with Crippen molar-refractivity contribution in [2.24, 2.45) is 0 Å². The molecule has 1 N–H and O–H groups in total. The van der Waals surface area contributed by atoms with Gasteiger partial charge in [-0.05, 0) is 50.1 Å². The maximum Gasteiger partial charge on any atom is 0.261 e. The molecule has 2 aromatic rings. The third-order valence-corrected chi connectivity index (χ3v) is 5.83. The van der Waals surface area contributed by atoms with E-state index in [0.29, 0.717) is 5.75 Å². The molecule has 2 aromatic carbocycles. The second-order valence-electron chi connectivity index (χ2n) is 7.01. The highest BCUT2D eigenvalue weighted by Gasteiger charge is 2.39. The van der Waals surface area contributed by atoms with E-state index in [1.807, 2.05) is 48.5 Å². The van der Waals surface area contributed by atoms with Crippen molar-refractivity contribution in [3.05, 3.63) is 58.6 Å². The van der Waals surface area contributed by atoms with E-state index in [1.165, 1.54) is 0 Å². The summed E-state index contributed by atoms with van der Waals surface area (Å²) in [4.78, 5) is 12.8. The quantitative estimate of drug-likeness (QED) is 0.664. The number of para-hydroxylation sites is 1. The summed E-state index contributed by atoms with van der Waals surface area (Å²) in [6.07, 6.45) is 1.97. The van der Waals surface area contributed by atoms with Gasteiger partial charge in [-0.15, -0.1) is 0 Å². The van der Waals surface area contributed by atoms with Crippen LogP contribution in [0.1, 0.15) is 51.6 Å². The Kier molecular flexibility index (Phi) is 6.10. The number of benzene rings is 2. The lowest BCUT2D eigenvalue weighted by molar-refractivity contribution is -0.128. The van der Waals surface area contributed by atoms with Crippen LogP contribution < -0.4 is 14.8 Å². The minimum absolute atomic E-state index is 0.0849. The molecule has 0 aromatic heterocycles. The van der Waals surface area contributed by atoms with Crippen molar-refractivity contribution in [1.82, 2.24) is 5.32 Å². The lowest BCUT2D eigenvalue weighted by Crippen LogP contribution is -2.46. The molecule has 0 fully saturated rings. The zero-order valence-corrected chi connectivity index (χ0v) is 17.6. The number of nitrogens with one attached hydrogen (secondary N) is 1. The van der Waals surface area contributed by atoms with Crippen LogP contribution in [-0.4, -0.2) is 17.6 Å². The lowest BCUT2D eigenvalue weighted by atomic mass is 9.83. The van der Waals surface area contributed by atoms with Crippen molar-refractivity contribution in [3.63, 3.8) is 0 Å². The zero-order valence-electron chi connectivity index (χ0n) is 16.0. The Balaban J connectivity index is 1.74. The molecular weight excluding hydrogens is 406 g/mol. The first kappa shape index (κ1) is 19.7. The highest BCUT2D eigenvalue weighted by molar-refractivity contribution is 9.10. The maximum absolute atomic E-state index is 12.8.